The van der Waals surface area contributed by atoms with E-state index in [0.717, 1.165) is 12.6 Å². The fraction of sp³-hybridized carbons (Fsp3) is 0.667. The zero-order valence-electron chi connectivity index (χ0n) is 8.43. The van der Waals surface area contributed by atoms with Crippen LogP contribution in [0.1, 0.15) is 25.5 Å². The van der Waals surface area contributed by atoms with E-state index in [2.05, 4.69) is 5.10 Å². The third-order valence-corrected chi connectivity index (χ3v) is 1.99. The zero-order valence-corrected chi connectivity index (χ0v) is 8.43. The zero-order chi connectivity index (χ0) is 10.8. The van der Waals surface area contributed by atoms with Crippen molar-refractivity contribution >= 4 is 5.69 Å². The lowest BCUT2D eigenvalue weighted by Crippen LogP contribution is -2.11. The third-order valence-electron chi connectivity index (χ3n) is 1.99. The molecular weight excluding hydrogens is 188 g/mol. The van der Waals surface area contributed by atoms with Crippen LogP contribution in [-0.4, -0.2) is 15.7 Å². The molecule has 0 bridgehead atoms. The van der Waals surface area contributed by atoms with Crippen LogP contribution in [0, 0.1) is 6.92 Å². The van der Waals surface area contributed by atoms with Gasteiger partial charge in [-0.1, -0.05) is 0 Å². The summed E-state index contributed by atoms with van der Waals surface area (Å²) in [5.41, 5.74) is 6.92. The van der Waals surface area contributed by atoms with Crippen LogP contribution >= 0.6 is 0 Å². The summed E-state index contributed by atoms with van der Waals surface area (Å²) in [5.74, 6) is -2.59. The molecule has 1 rings (SSSR count). The van der Waals surface area contributed by atoms with Crippen molar-refractivity contribution in [2.24, 2.45) is 0 Å². The first kappa shape index (κ1) is 10.9. The van der Waals surface area contributed by atoms with Gasteiger partial charge in [0.2, 0.25) is 5.92 Å². The lowest BCUT2D eigenvalue weighted by atomic mass is 10.2. The number of aryl methyl sites for hydroxylation is 2. The molecule has 0 aliphatic heterocycles. The highest BCUT2D eigenvalue weighted by Crippen LogP contribution is 2.19. The molecule has 5 heteroatoms. The van der Waals surface area contributed by atoms with Crippen LogP contribution in [0.2, 0.25) is 0 Å². The summed E-state index contributed by atoms with van der Waals surface area (Å²) >= 11 is 0. The van der Waals surface area contributed by atoms with Crippen LogP contribution in [-0.2, 0) is 6.54 Å². The molecule has 0 aliphatic carbocycles. The Morgan fingerprint density at radius 2 is 2.21 bits per heavy atom. The Hall–Kier alpha value is -1.13. The molecule has 1 aromatic rings. The molecule has 0 atom stereocenters. The molecule has 2 N–H and O–H groups in total. The van der Waals surface area contributed by atoms with Crippen molar-refractivity contribution in [3.63, 3.8) is 0 Å². The number of nitrogens with zero attached hydrogens (tertiary/aromatic N) is 2. The first-order chi connectivity index (χ1) is 6.38. The van der Waals surface area contributed by atoms with Crippen molar-refractivity contribution < 1.29 is 8.78 Å². The van der Waals surface area contributed by atoms with E-state index in [1.807, 2.05) is 0 Å². The molecule has 0 aromatic carbocycles. The summed E-state index contributed by atoms with van der Waals surface area (Å²) in [7, 11) is 0. The van der Waals surface area contributed by atoms with Crippen molar-refractivity contribution in [1.29, 1.82) is 0 Å². The summed E-state index contributed by atoms with van der Waals surface area (Å²) in [6.45, 7) is 3.21. The van der Waals surface area contributed by atoms with E-state index in [4.69, 9.17) is 5.73 Å². The summed E-state index contributed by atoms with van der Waals surface area (Å²) in [5, 5.41) is 4.08. The molecule has 0 fully saturated rings. The van der Waals surface area contributed by atoms with Gasteiger partial charge in [-0.3, -0.25) is 4.68 Å². The van der Waals surface area contributed by atoms with Crippen LogP contribution in [0.5, 0.6) is 0 Å². The number of hydrogen-bond acceptors (Lipinski definition) is 2. The Morgan fingerprint density at radius 3 is 2.64 bits per heavy atom. The van der Waals surface area contributed by atoms with Crippen molar-refractivity contribution in [2.45, 2.75) is 39.2 Å². The van der Waals surface area contributed by atoms with Crippen LogP contribution in [0.15, 0.2) is 6.20 Å². The van der Waals surface area contributed by atoms with Crippen molar-refractivity contribution in [3.05, 3.63) is 11.9 Å². The number of aromatic nitrogens is 2. The number of hydrogen-bond donors (Lipinski definition) is 1. The highest BCUT2D eigenvalue weighted by Gasteiger charge is 2.19. The van der Waals surface area contributed by atoms with Gasteiger partial charge in [0.1, 0.15) is 0 Å². The van der Waals surface area contributed by atoms with Gasteiger partial charge in [-0.25, -0.2) is 8.78 Å². The minimum Gasteiger partial charge on any atom is -0.396 e. The van der Waals surface area contributed by atoms with Gasteiger partial charge in [-0.05, 0) is 20.3 Å². The average molecular weight is 203 g/mol. The van der Waals surface area contributed by atoms with Crippen LogP contribution in [0.4, 0.5) is 14.5 Å². The minimum absolute atomic E-state index is 0.119. The molecule has 14 heavy (non-hydrogen) atoms. The molecule has 0 amide bonds. The average Bonchev–Trinajstić information content (AvgIpc) is 2.28. The number of nitrogens with two attached hydrogens (primary N) is 1. The molecule has 0 saturated carbocycles. The predicted octanol–water partition coefficient (Wildman–Crippen LogP) is 2.21. The molecule has 3 nitrogen and oxygen atoms in total. The van der Waals surface area contributed by atoms with Gasteiger partial charge < -0.3 is 5.73 Å². The maximum atomic E-state index is 12.5. The van der Waals surface area contributed by atoms with Crippen molar-refractivity contribution in [3.8, 4) is 0 Å². The van der Waals surface area contributed by atoms with E-state index in [-0.39, 0.29) is 6.42 Å². The number of halogens is 2. The highest BCUT2D eigenvalue weighted by atomic mass is 19.3. The second-order valence-corrected chi connectivity index (χ2v) is 3.61. The van der Waals surface area contributed by atoms with E-state index >= 15 is 0 Å². The Labute approximate surface area is 81.9 Å². The topological polar surface area (TPSA) is 43.8 Å². The largest absolute Gasteiger partial charge is 0.396 e. The molecule has 0 saturated heterocycles. The Balaban J connectivity index is 2.39. The molecule has 0 unspecified atom stereocenters. The summed E-state index contributed by atoms with van der Waals surface area (Å²) in [6, 6.07) is 0. The summed E-state index contributed by atoms with van der Waals surface area (Å²) in [4.78, 5) is 0. The number of alkyl halides is 2. The molecule has 80 valence electrons. The highest BCUT2D eigenvalue weighted by molar-refractivity contribution is 5.39. The van der Waals surface area contributed by atoms with E-state index < -0.39 is 5.92 Å². The van der Waals surface area contributed by atoms with Crippen molar-refractivity contribution in [2.75, 3.05) is 5.73 Å². The number of anilines is 1. The first-order valence-corrected chi connectivity index (χ1v) is 4.56. The Kier molecular flexibility index (Phi) is 3.08. The maximum absolute atomic E-state index is 12.5. The van der Waals surface area contributed by atoms with Gasteiger partial charge in [0.15, 0.2) is 0 Å². The minimum atomic E-state index is -2.59. The van der Waals surface area contributed by atoms with Gasteiger partial charge in [0.25, 0.3) is 0 Å². The fourth-order valence-electron chi connectivity index (χ4n) is 1.20. The lowest BCUT2D eigenvalue weighted by molar-refractivity contribution is 0.00971. The second-order valence-electron chi connectivity index (χ2n) is 3.61. The Morgan fingerprint density at radius 1 is 1.57 bits per heavy atom. The van der Waals surface area contributed by atoms with Gasteiger partial charge in [0, 0.05) is 19.2 Å². The van der Waals surface area contributed by atoms with Gasteiger partial charge in [0.05, 0.1) is 11.4 Å². The van der Waals surface area contributed by atoms with Crippen LogP contribution in [0.3, 0.4) is 0 Å². The van der Waals surface area contributed by atoms with Gasteiger partial charge in [-0.2, -0.15) is 5.10 Å². The molecule has 1 heterocycles. The van der Waals surface area contributed by atoms with Gasteiger partial charge in [-0.15, -0.1) is 0 Å². The number of rotatable bonds is 4. The van der Waals surface area contributed by atoms with Crippen molar-refractivity contribution in [1.82, 2.24) is 9.78 Å². The van der Waals surface area contributed by atoms with E-state index in [9.17, 15) is 8.78 Å². The molecule has 0 radical (unpaired) electrons. The van der Waals surface area contributed by atoms with Gasteiger partial charge >= 0.3 is 0 Å². The van der Waals surface area contributed by atoms with E-state index in [0.29, 0.717) is 18.7 Å². The standard InChI is InChI=1S/C9H15F2N3/c1-7-8(12)6-14(13-7)5-3-4-9(2,10)11/h6H,3-5,12H2,1-2H3. The normalized spacial score (nSPS) is 12.0. The first-order valence-electron chi connectivity index (χ1n) is 4.56. The number of nitrogen functional groups attached to an aromatic ring is 1. The molecule has 1 aromatic heterocycles. The molecule has 0 aliphatic rings. The quantitative estimate of drug-likeness (QED) is 0.815. The predicted molar refractivity (Wildman–Crippen MR) is 51.2 cm³/mol. The smallest absolute Gasteiger partial charge is 0.245 e. The summed E-state index contributed by atoms with van der Waals surface area (Å²) < 4.78 is 26.5. The maximum Gasteiger partial charge on any atom is 0.245 e. The lowest BCUT2D eigenvalue weighted by Gasteiger charge is -2.08. The fourth-order valence-corrected chi connectivity index (χ4v) is 1.20. The molecule has 0 spiro atoms. The SMILES string of the molecule is Cc1nn(CCCC(C)(F)F)cc1N. The van der Waals surface area contributed by atoms with Crippen LogP contribution < -0.4 is 5.73 Å². The Bertz CT molecular complexity index is 282. The summed E-state index contributed by atoms with van der Waals surface area (Å²) in [6.07, 6.45) is 1.96. The third kappa shape index (κ3) is 3.32. The van der Waals surface area contributed by atoms with E-state index in [1.165, 1.54) is 0 Å². The van der Waals surface area contributed by atoms with E-state index in [1.54, 1.807) is 17.8 Å². The monoisotopic (exact) mass is 203 g/mol. The van der Waals surface area contributed by atoms with Crippen LogP contribution in [0.25, 0.3) is 0 Å². The second kappa shape index (κ2) is 3.94. The molecular formula is C9H15F2N3.